The van der Waals surface area contributed by atoms with E-state index in [2.05, 4.69) is 0 Å². The first-order valence-electron chi connectivity index (χ1n) is 1.40. The minimum absolute atomic E-state index is 0. The van der Waals surface area contributed by atoms with Gasteiger partial charge in [0.1, 0.15) is 0 Å². The van der Waals surface area contributed by atoms with Crippen LogP contribution in [0.25, 0.3) is 0 Å². The molecule has 0 aliphatic heterocycles. The molecule has 0 radical (unpaired) electrons. The van der Waals surface area contributed by atoms with Crippen molar-refractivity contribution in [2.24, 2.45) is 0 Å². The topological polar surface area (TPSA) is 184 Å². The maximum Gasteiger partial charge on any atom is -0.153 e. The van der Waals surface area contributed by atoms with Crippen LogP contribution in [0.3, 0.4) is 0 Å². The zero-order chi connectivity index (χ0) is 9.00. The second kappa shape index (κ2) is 8.60. The minimum atomic E-state index is -5.52. The maximum absolute atomic E-state index is 8.85. The van der Waals surface area contributed by atoms with Gasteiger partial charge in [-0.3, -0.25) is 0 Å². The molecule has 0 aromatic rings. The molecule has 0 saturated carbocycles. The van der Waals surface area contributed by atoms with E-state index >= 15 is 0 Å². The van der Waals surface area contributed by atoms with Gasteiger partial charge in [-0.15, -0.1) is 0 Å². The summed E-state index contributed by atoms with van der Waals surface area (Å²) in [7, 11) is 0. The molecule has 0 spiro atoms. The molecule has 0 rings (SSSR count). The fourth-order valence-electron chi connectivity index (χ4n) is 0. The third-order valence-electron chi connectivity index (χ3n) is 0. The zero-order valence-corrected chi connectivity index (χ0v) is 11.7. The second-order valence-electron chi connectivity index (χ2n) is 0.896. The van der Waals surface area contributed by atoms with Gasteiger partial charge in [0, 0.05) is 0 Å². The van der Waals surface area contributed by atoms with E-state index in [1.54, 1.807) is 0 Å². The summed E-state index contributed by atoms with van der Waals surface area (Å²) in [5, 5.41) is 0. The van der Waals surface area contributed by atoms with Gasteiger partial charge in [-0.1, -0.05) is 0 Å². The average Bonchev–Trinajstić information content (AvgIpc) is 1.12. The molecular weight excluding hydrogens is 428 g/mol. The van der Waals surface area contributed by atoms with Crippen LogP contribution in [0.15, 0.2) is 0 Å². The molecule has 9 nitrogen and oxygen atoms in total. The van der Waals surface area contributed by atoms with Crippen LogP contribution < -0.4 is 6.15 Å². The van der Waals surface area contributed by atoms with Crippen LogP contribution in [0.5, 0.6) is 0 Å². The molecule has 12 heavy (non-hydrogen) atoms. The average molecular weight is 438 g/mol. The molecule has 0 aliphatic rings. The molecule has 0 aliphatic carbocycles. The molecule has 0 amide bonds. The van der Waals surface area contributed by atoms with Gasteiger partial charge < -0.3 is 6.15 Å². The Morgan fingerprint density at radius 2 is 0.667 bits per heavy atom. The summed E-state index contributed by atoms with van der Waals surface area (Å²) in [6, 6.07) is 0. The van der Waals surface area contributed by atoms with Crippen molar-refractivity contribution in [3.63, 3.8) is 0 Å². The Labute approximate surface area is 79.9 Å². The number of hydrogen-bond donors (Lipinski definition) is 5. The Morgan fingerprint density at radius 3 is 0.667 bits per heavy atom. The van der Waals surface area contributed by atoms with Gasteiger partial charge in [0.2, 0.25) is 0 Å². The molecule has 0 saturated heterocycles. The second-order valence-corrected chi connectivity index (χ2v) is 6.01. The van der Waals surface area contributed by atoms with E-state index in [1.165, 1.54) is 0 Å². The minimum Gasteiger partial charge on any atom is -0.153 e. The van der Waals surface area contributed by atoms with E-state index in [1.807, 2.05) is 0 Å². The fourth-order valence-corrected chi connectivity index (χ4v) is 0. The van der Waals surface area contributed by atoms with Crippen LogP contribution in [0.4, 0.5) is 0 Å². The summed E-state index contributed by atoms with van der Waals surface area (Å²) < 4.78 is 64.0. The van der Waals surface area contributed by atoms with E-state index in [4.69, 9.17) is 26.3 Å². The van der Waals surface area contributed by atoms with Crippen molar-refractivity contribution in [1.82, 2.24) is 6.15 Å². The van der Waals surface area contributed by atoms with Gasteiger partial charge in [-0.25, -0.2) is 0 Å². The Balaban J connectivity index is -0.0000000457. The summed E-state index contributed by atoms with van der Waals surface area (Å²) in [5.74, 6) is 0. The summed E-state index contributed by atoms with van der Waals surface area (Å²) in [5.41, 5.74) is 0. The molecule has 1 unspecified atom stereocenters. The van der Waals surface area contributed by atoms with Crippen molar-refractivity contribution in [1.29, 1.82) is 0 Å². The van der Waals surface area contributed by atoms with E-state index in [0.29, 0.717) is 0 Å². The first-order chi connectivity index (χ1) is 4.00. The third kappa shape index (κ3) is 1080. The van der Waals surface area contributed by atoms with Crippen LogP contribution in [0.1, 0.15) is 0 Å². The molecule has 0 aromatic heterocycles. The maximum atomic E-state index is 8.85. The van der Waals surface area contributed by atoms with Gasteiger partial charge in [0.05, 0.1) is 0 Å². The van der Waals surface area contributed by atoms with Crippen LogP contribution in [-0.2, 0) is 12.4 Å². The largest absolute Gasteiger partial charge is 0.153 e. The summed E-state index contributed by atoms with van der Waals surface area (Å²) in [4.78, 5) is 0. The van der Waals surface area contributed by atoms with Crippen molar-refractivity contribution in [3.8, 4) is 0 Å². The van der Waals surface area contributed by atoms with Crippen molar-refractivity contribution in [3.05, 3.63) is 0 Å². The Kier molecular flexibility index (Phi) is 16.6. The van der Waals surface area contributed by atoms with E-state index in [9.17, 15) is 0 Å². The van der Waals surface area contributed by atoms with Gasteiger partial charge in [-0.05, 0) is 0 Å². The van der Waals surface area contributed by atoms with Crippen molar-refractivity contribution in [2.75, 3.05) is 0 Å². The quantitative estimate of drug-likeness (QED) is 0.191. The van der Waals surface area contributed by atoms with Gasteiger partial charge in [0.15, 0.2) is 0 Å². The molecule has 1 atom stereocenters. The number of rotatable bonds is 0. The smallest absolute Gasteiger partial charge is 0.153 e. The Bertz CT molecular complexity index is 213. The normalized spacial score (nSPS) is 9.67. The fraction of sp³-hybridized carbons (Fsp3) is 0. The monoisotopic (exact) mass is 443 g/mol. The third-order valence-corrected chi connectivity index (χ3v) is 0. The molecule has 0 aromatic carbocycles. The molecular formula is H10NO8PTe2. The van der Waals surface area contributed by atoms with Crippen molar-refractivity contribution < 1.29 is 26.3 Å². The first-order valence-corrected chi connectivity index (χ1v) is 9.37. The summed E-state index contributed by atoms with van der Waals surface area (Å²) in [6.45, 7) is 0. The van der Waals surface area contributed by atoms with E-state index in [0.717, 1.165) is 0 Å². The molecule has 12 heteroatoms. The van der Waals surface area contributed by atoms with E-state index < -0.39 is 37.9 Å². The molecule has 0 heterocycles. The number of hydrogen-bond acceptors (Lipinski definition) is 5. The van der Waals surface area contributed by atoms with Crippen LogP contribution in [0.2, 0.25) is 0 Å². The Hall–Kier alpha value is 1.01. The zero-order valence-electron chi connectivity index (χ0n) is 5.65. The van der Waals surface area contributed by atoms with Gasteiger partial charge in [0.25, 0.3) is 0 Å². The molecule has 0 bridgehead atoms. The van der Waals surface area contributed by atoms with Crippen molar-refractivity contribution >= 4 is 47.8 Å². The van der Waals surface area contributed by atoms with Crippen LogP contribution in [-0.4, -0.2) is 51.8 Å². The van der Waals surface area contributed by atoms with Gasteiger partial charge in [-0.2, -0.15) is 9.90 Å². The van der Waals surface area contributed by atoms with Crippen molar-refractivity contribution in [2.45, 2.75) is 0 Å². The SMILES string of the molecule is N.O=[Te](=O)(O)O.O=[Te](=O)(O)O.P. The van der Waals surface area contributed by atoms with Crippen LogP contribution in [0, 0.1) is 0 Å². The summed E-state index contributed by atoms with van der Waals surface area (Å²) in [6.07, 6.45) is 0. The van der Waals surface area contributed by atoms with Gasteiger partial charge >= 0.3 is 64.2 Å². The van der Waals surface area contributed by atoms with Crippen LogP contribution >= 0.6 is 9.90 Å². The van der Waals surface area contributed by atoms with E-state index in [-0.39, 0.29) is 16.0 Å². The summed E-state index contributed by atoms with van der Waals surface area (Å²) >= 11 is -11.0. The first kappa shape index (κ1) is 23.1. The molecule has 80 valence electrons. The Morgan fingerprint density at radius 1 is 0.667 bits per heavy atom. The standard InChI is InChI=1S/H3N.2H2O4Te.H3P/c;2*1-5(2,3)4;/h1H3;2*(H2,1,2,3,4);1H3. The predicted octanol–water partition coefficient (Wildman–Crippen LogP) is -3.24. The molecule has 0 fully saturated rings. The predicted molar refractivity (Wildman–Crippen MR) is 39.3 cm³/mol. The molecule has 7 N–H and O–H groups in total.